The molecular weight excluding hydrogens is 442 g/mol. The zero-order valence-electron chi connectivity index (χ0n) is 22.3. The van der Waals surface area contributed by atoms with Gasteiger partial charge in [-0.15, -0.1) is 0 Å². The van der Waals surface area contributed by atoms with Crippen molar-refractivity contribution in [1.29, 1.82) is 0 Å². The Morgan fingerprint density at radius 3 is 2.34 bits per heavy atom. The van der Waals surface area contributed by atoms with E-state index in [0.29, 0.717) is 35.5 Å². The molecule has 200 valence electrons. The van der Waals surface area contributed by atoms with Crippen LogP contribution in [0.2, 0.25) is 0 Å². The van der Waals surface area contributed by atoms with Crippen LogP contribution in [0.1, 0.15) is 98.3 Å². The van der Waals surface area contributed by atoms with Crippen LogP contribution in [0.4, 0.5) is 0 Å². The van der Waals surface area contributed by atoms with Crippen molar-refractivity contribution in [3.63, 3.8) is 0 Å². The van der Waals surface area contributed by atoms with E-state index in [1.54, 1.807) is 0 Å². The van der Waals surface area contributed by atoms with Crippen molar-refractivity contribution in [2.45, 2.75) is 111 Å². The molecule has 0 bridgehead atoms. The SMILES string of the molecule is CC(CCCC(C)C1CCC2C3C(O)CC4CC(O)CCC4(C)C3CCC12C)C(=O)NCC(=O)O. The summed E-state index contributed by atoms with van der Waals surface area (Å²) in [6.07, 6.45) is 11.1. The Morgan fingerprint density at radius 1 is 0.943 bits per heavy atom. The molecule has 4 aliphatic rings. The average molecular weight is 492 g/mol. The number of rotatable bonds is 8. The lowest BCUT2D eigenvalue weighted by Crippen LogP contribution is -2.58. The van der Waals surface area contributed by atoms with Crippen LogP contribution in [0.5, 0.6) is 0 Å². The number of aliphatic hydroxyl groups excluding tert-OH is 2. The van der Waals surface area contributed by atoms with Gasteiger partial charge in [0.1, 0.15) is 6.54 Å². The molecule has 6 nitrogen and oxygen atoms in total. The Hall–Kier alpha value is -1.14. The predicted octanol–water partition coefficient (Wildman–Crippen LogP) is 4.62. The van der Waals surface area contributed by atoms with Crippen molar-refractivity contribution in [2.24, 2.45) is 52.3 Å². The van der Waals surface area contributed by atoms with E-state index in [1.807, 2.05) is 6.92 Å². The van der Waals surface area contributed by atoms with Crippen LogP contribution >= 0.6 is 0 Å². The largest absolute Gasteiger partial charge is 0.480 e. The van der Waals surface area contributed by atoms with Crippen LogP contribution in [0.15, 0.2) is 0 Å². The second kappa shape index (κ2) is 10.3. The number of hydrogen-bond acceptors (Lipinski definition) is 4. The third-order valence-electron chi connectivity index (χ3n) is 11.6. The smallest absolute Gasteiger partial charge is 0.322 e. The number of aliphatic carboxylic acids is 1. The number of fused-ring (bicyclic) bond motifs is 5. The van der Waals surface area contributed by atoms with Crippen LogP contribution in [-0.4, -0.2) is 45.9 Å². The van der Waals surface area contributed by atoms with Gasteiger partial charge in [-0.3, -0.25) is 9.59 Å². The Morgan fingerprint density at radius 2 is 1.63 bits per heavy atom. The highest BCUT2D eigenvalue weighted by Crippen LogP contribution is 2.68. The standard InChI is InChI=1S/C29H49NO5/c1-17(6-5-7-18(2)27(35)30-16-25(33)34)21-8-9-22-26-23(11-13-29(21,22)4)28(3)12-10-20(31)14-19(28)15-24(26)32/h17-24,26,31-32H,5-16H2,1-4H3,(H,30,35)(H,33,34). The summed E-state index contributed by atoms with van der Waals surface area (Å²) in [6.45, 7) is 8.94. The molecule has 4 aliphatic carbocycles. The molecule has 35 heavy (non-hydrogen) atoms. The quantitative estimate of drug-likeness (QED) is 0.396. The predicted molar refractivity (Wildman–Crippen MR) is 135 cm³/mol. The van der Waals surface area contributed by atoms with Gasteiger partial charge in [0.25, 0.3) is 0 Å². The minimum atomic E-state index is -1.01. The van der Waals surface area contributed by atoms with Gasteiger partial charge in [0, 0.05) is 5.92 Å². The summed E-state index contributed by atoms with van der Waals surface area (Å²) < 4.78 is 0. The molecule has 0 spiro atoms. The topological polar surface area (TPSA) is 107 Å². The summed E-state index contributed by atoms with van der Waals surface area (Å²) in [4.78, 5) is 22.8. The number of carboxylic acid groups (broad SMARTS) is 1. The van der Waals surface area contributed by atoms with E-state index in [1.165, 1.54) is 25.7 Å². The average Bonchev–Trinajstić information content (AvgIpc) is 3.15. The van der Waals surface area contributed by atoms with Crippen LogP contribution in [-0.2, 0) is 9.59 Å². The molecule has 0 aromatic carbocycles. The Kier molecular flexibility index (Phi) is 7.93. The minimum Gasteiger partial charge on any atom is -0.480 e. The lowest BCUT2D eigenvalue weighted by molar-refractivity contribution is -0.174. The van der Waals surface area contributed by atoms with Crippen LogP contribution < -0.4 is 5.32 Å². The number of amides is 1. The van der Waals surface area contributed by atoms with Crippen molar-refractivity contribution in [2.75, 3.05) is 6.54 Å². The monoisotopic (exact) mass is 491 g/mol. The Labute approximate surface area is 211 Å². The number of carbonyl (C=O) groups excluding carboxylic acids is 1. The first-order valence-electron chi connectivity index (χ1n) is 14.3. The number of carbonyl (C=O) groups is 2. The number of nitrogens with one attached hydrogen (secondary N) is 1. The number of carboxylic acids is 1. The third-order valence-corrected chi connectivity index (χ3v) is 11.6. The summed E-state index contributed by atoms with van der Waals surface area (Å²) >= 11 is 0. The molecule has 0 aliphatic heterocycles. The molecule has 1 amide bonds. The van der Waals surface area contributed by atoms with Gasteiger partial charge in [-0.2, -0.15) is 0 Å². The van der Waals surface area contributed by atoms with Crippen molar-refractivity contribution >= 4 is 11.9 Å². The minimum absolute atomic E-state index is 0.163. The van der Waals surface area contributed by atoms with Gasteiger partial charge >= 0.3 is 5.97 Å². The van der Waals surface area contributed by atoms with Crippen molar-refractivity contribution in [3.05, 3.63) is 0 Å². The van der Waals surface area contributed by atoms with E-state index in [2.05, 4.69) is 26.1 Å². The highest BCUT2D eigenvalue weighted by Gasteiger charge is 2.62. The van der Waals surface area contributed by atoms with Crippen LogP contribution in [0.25, 0.3) is 0 Å². The molecule has 4 saturated carbocycles. The van der Waals surface area contributed by atoms with Gasteiger partial charge in [0.2, 0.25) is 5.91 Å². The van der Waals surface area contributed by atoms with E-state index < -0.39 is 5.97 Å². The molecule has 11 atom stereocenters. The lowest BCUT2D eigenvalue weighted by atomic mass is 9.43. The normalized spacial score (nSPS) is 44.5. The summed E-state index contributed by atoms with van der Waals surface area (Å²) in [7, 11) is 0. The highest BCUT2D eigenvalue weighted by atomic mass is 16.4. The second-order valence-electron chi connectivity index (χ2n) is 13.4. The first-order valence-corrected chi connectivity index (χ1v) is 14.3. The summed E-state index contributed by atoms with van der Waals surface area (Å²) in [5.74, 6) is 1.95. The van der Waals surface area contributed by atoms with Gasteiger partial charge in [-0.25, -0.2) is 0 Å². The molecule has 0 aromatic rings. The Balaban J connectivity index is 1.36. The van der Waals surface area contributed by atoms with Crippen molar-refractivity contribution < 1.29 is 24.9 Å². The fourth-order valence-corrected chi connectivity index (χ4v) is 9.59. The van der Waals surface area contributed by atoms with Gasteiger partial charge < -0.3 is 20.6 Å². The van der Waals surface area contributed by atoms with Gasteiger partial charge in [0.05, 0.1) is 12.2 Å². The zero-order chi connectivity index (χ0) is 25.5. The number of hydrogen-bond donors (Lipinski definition) is 4. The summed E-state index contributed by atoms with van der Waals surface area (Å²) in [5, 5.41) is 33.0. The van der Waals surface area contributed by atoms with E-state index in [-0.39, 0.29) is 41.4 Å². The molecule has 6 heteroatoms. The molecule has 4 rings (SSSR count). The zero-order valence-corrected chi connectivity index (χ0v) is 22.3. The van der Waals surface area contributed by atoms with E-state index in [0.717, 1.165) is 44.9 Å². The molecular formula is C29H49NO5. The molecule has 0 saturated heterocycles. The first-order chi connectivity index (χ1) is 16.5. The lowest BCUT2D eigenvalue weighted by Gasteiger charge is -2.62. The fourth-order valence-electron chi connectivity index (χ4n) is 9.59. The Bertz CT molecular complexity index is 787. The maximum Gasteiger partial charge on any atom is 0.322 e. The van der Waals surface area contributed by atoms with E-state index in [4.69, 9.17) is 5.11 Å². The van der Waals surface area contributed by atoms with Gasteiger partial charge in [-0.05, 0) is 104 Å². The van der Waals surface area contributed by atoms with Gasteiger partial charge in [0.15, 0.2) is 0 Å². The van der Waals surface area contributed by atoms with Crippen LogP contribution in [0, 0.1) is 52.3 Å². The maximum atomic E-state index is 12.1. The summed E-state index contributed by atoms with van der Waals surface area (Å²) in [6, 6.07) is 0. The molecule has 11 unspecified atom stereocenters. The first kappa shape index (κ1) is 26.9. The van der Waals surface area contributed by atoms with E-state index >= 15 is 0 Å². The fraction of sp³-hybridized carbons (Fsp3) is 0.931. The molecule has 4 fully saturated rings. The number of aliphatic hydroxyl groups is 2. The highest BCUT2D eigenvalue weighted by molar-refractivity contribution is 5.82. The van der Waals surface area contributed by atoms with Gasteiger partial charge in [-0.1, -0.05) is 40.5 Å². The molecule has 0 heterocycles. The summed E-state index contributed by atoms with van der Waals surface area (Å²) in [5.41, 5.74) is 0.551. The molecule has 0 aromatic heterocycles. The molecule has 0 radical (unpaired) electrons. The van der Waals surface area contributed by atoms with E-state index in [9.17, 15) is 19.8 Å². The van der Waals surface area contributed by atoms with Crippen LogP contribution in [0.3, 0.4) is 0 Å². The molecule has 4 N–H and O–H groups in total. The maximum absolute atomic E-state index is 12.1. The third kappa shape index (κ3) is 5.03. The van der Waals surface area contributed by atoms with Crippen molar-refractivity contribution in [1.82, 2.24) is 5.32 Å². The van der Waals surface area contributed by atoms with Crippen molar-refractivity contribution in [3.8, 4) is 0 Å². The second-order valence-corrected chi connectivity index (χ2v) is 13.4.